The normalized spacial score (nSPS) is 10.3. The van der Waals surface area contributed by atoms with E-state index in [4.69, 9.17) is 23.2 Å². The lowest BCUT2D eigenvalue weighted by Gasteiger charge is -2.24. The molecule has 0 atom stereocenters. The summed E-state index contributed by atoms with van der Waals surface area (Å²) in [7, 11) is 0. The van der Waals surface area contributed by atoms with Crippen molar-refractivity contribution in [2.45, 2.75) is 13.5 Å². The molecule has 0 fully saturated rings. The van der Waals surface area contributed by atoms with E-state index in [9.17, 15) is 4.79 Å². The molecule has 0 aliphatic heterocycles. The van der Waals surface area contributed by atoms with Gasteiger partial charge in [-0.15, -0.1) is 11.6 Å². The number of carbonyl (C=O) groups is 1. The number of halogens is 2. The van der Waals surface area contributed by atoms with Gasteiger partial charge in [0.1, 0.15) is 5.88 Å². The van der Waals surface area contributed by atoms with Gasteiger partial charge in [-0.3, -0.25) is 4.79 Å². The third-order valence-electron chi connectivity index (χ3n) is 3.11. The van der Waals surface area contributed by atoms with E-state index in [1.54, 1.807) is 4.90 Å². The number of benzene rings is 2. The van der Waals surface area contributed by atoms with E-state index >= 15 is 0 Å². The van der Waals surface area contributed by atoms with Crippen molar-refractivity contribution < 1.29 is 4.79 Å². The summed E-state index contributed by atoms with van der Waals surface area (Å²) in [5.41, 5.74) is 2.78. The summed E-state index contributed by atoms with van der Waals surface area (Å²) in [5.74, 6) is -0.195. The molecule has 2 nitrogen and oxygen atoms in total. The van der Waals surface area contributed by atoms with E-state index in [1.165, 1.54) is 0 Å². The molecule has 0 radical (unpaired) electrons. The van der Waals surface area contributed by atoms with Gasteiger partial charge < -0.3 is 4.90 Å². The van der Waals surface area contributed by atoms with E-state index < -0.39 is 0 Å². The number of para-hydroxylation sites is 1. The van der Waals surface area contributed by atoms with Gasteiger partial charge in [-0.25, -0.2) is 0 Å². The van der Waals surface area contributed by atoms with E-state index in [2.05, 4.69) is 0 Å². The van der Waals surface area contributed by atoms with Crippen molar-refractivity contribution in [3.05, 3.63) is 64.7 Å². The maximum atomic E-state index is 12.1. The SMILES string of the molecule is Cc1ccccc1N(Cc1ccccc1Cl)C(=O)CCl. The number of nitrogens with zero attached hydrogens (tertiary/aromatic N) is 1. The second-order valence-electron chi connectivity index (χ2n) is 4.49. The molecule has 20 heavy (non-hydrogen) atoms. The quantitative estimate of drug-likeness (QED) is 0.766. The first-order chi connectivity index (χ1) is 9.63. The molecule has 0 N–H and O–H groups in total. The minimum absolute atomic E-state index is 0.0568. The summed E-state index contributed by atoms with van der Waals surface area (Å²) >= 11 is 11.9. The molecule has 1 amide bonds. The summed E-state index contributed by atoms with van der Waals surface area (Å²) < 4.78 is 0. The monoisotopic (exact) mass is 307 g/mol. The van der Waals surface area contributed by atoms with Gasteiger partial charge in [0.25, 0.3) is 0 Å². The van der Waals surface area contributed by atoms with Crippen LogP contribution in [0.4, 0.5) is 5.69 Å². The molecule has 0 aromatic heterocycles. The Morgan fingerprint density at radius 2 is 1.75 bits per heavy atom. The van der Waals surface area contributed by atoms with Crippen molar-refractivity contribution in [2.24, 2.45) is 0 Å². The molecule has 0 aliphatic carbocycles. The number of rotatable bonds is 4. The average Bonchev–Trinajstić information content (AvgIpc) is 2.47. The van der Waals surface area contributed by atoms with Crippen LogP contribution in [-0.2, 0) is 11.3 Å². The Bertz CT molecular complexity index is 613. The van der Waals surface area contributed by atoms with Crippen LogP contribution in [-0.4, -0.2) is 11.8 Å². The number of aryl methyl sites for hydroxylation is 1. The second kappa shape index (κ2) is 6.78. The van der Waals surface area contributed by atoms with E-state index in [1.807, 2.05) is 55.5 Å². The number of anilines is 1. The number of hydrogen-bond donors (Lipinski definition) is 0. The van der Waals surface area contributed by atoms with E-state index in [0.29, 0.717) is 11.6 Å². The van der Waals surface area contributed by atoms with Gasteiger partial charge >= 0.3 is 0 Å². The zero-order valence-electron chi connectivity index (χ0n) is 11.1. The van der Waals surface area contributed by atoms with Crippen LogP contribution < -0.4 is 4.90 Å². The first-order valence-electron chi connectivity index (χ1n) is 6.29. The molecule has 104 valence electrons. The summed E-state index contributed by atoms with van der Waals surface area (Å²) in [6.45, 7) is 2.38. The highest BCUT2D eigenvalue weighted by atomic mass is 35.5. The van der Waals surface area contributed by atoms with Crippen molar-refractivity contribution in [1.29, 1.82) is 0 Å². The lowest BCUT2D eigenvalue weighted by Crippen LogP contribution is -2.32. The van der Waals surface area contributed by atoms with Crippen LogP contribution in [0.25, 0.3) is 0 Å². The van der Waals surface area contributed by atoms with Crippen LogP contribution in [0.5, 0.6) is 0 Å². The van der Waals surface area contributed by atoms with Crippen LogP contribution >= 0.6 is 23.2 Å². The summed E-state index contributed by atoms with van der Waals surface area (Å²) in [5, 5.41) is 0.647. The number of alkyl halides is 1. The highest BCUT2D eigenvalue weighted by Crippen LogP contribution is 2.24. The average molecular weight is 308 g/mol. The standard InChI is InChI=1S/C16H15Cl2NO/c1-12-6-2-5-9-15(12)19(16(20)10-17)11-13-7-3-4-8-14(13)18/h2-9H,10-11H2,1H3. The predicted octanol–water partition coefficient (Wildman–Crippen LogP) is 4.42. The highest BCUT2D eigenvalue weighted by Gasteiger charge is 2.17. The Morgan fingerprint density at radius 3 is 2.40 bits per heavy atom. The molecule has 0 unspecified atom stereocenters. The lowest BCUT2D eigenvalue weighted by molar-refractivity contribution is -0.116. The molecule has 0 spiro atoms. The number of hydrogen-bond acceptors (Lipinski definition) is 1. The fourth-order valence-electron chi connectivity index (χ4n) is 2.04. The Morgan fingerprint density at radius 1 is 1.10 bits per heavy atom. The first-order valence-corrected chi connectivity index (χ1v) is 7.20. The van der Waals surface area contributed by atoms with Crippen molar-refractivity contribution in [3.8, 4) is 0 Å². The molecule has 2 aromatic carbocycles. The molecular weight excluding hydrogens is 293 g/mol. The molecule has 2 rings (SSSR count). The van der Waals surface area contributed by atoms with Gasteiger partial charge in [-0.1, -0.05) is 48.0 Å². The summed E-state index contributed by atoms with van der Waals surface area (Å²) in [6, 6.07) is 15.2. The van der Waals surface area contributed by atoms with Crippen LogP contribution in [0.2, 0.25) is 5.02 Å². The fourth-order valence-corrected chi connectivity index (χ4v) is 2.38. The minimum atomic E-state index is -0.138. The van der Waals surface area contributed by atoms with Crippen molar-refractivity contribution in [3.63, 3.8) is 0 Å². The lowest BCUT2D eigenvalue weighted by atomic mass is 10.1. The Balaban J connectivity index is 2.37. The van der Waals surface area contributed by atoms with Crippen LogP contribution in [0.1, 0.15) is 11.1 Å². The van der Waals surface area contributed by atoms with Crippen molar-refractivity contribution in [2.75, 3.05) is 10.8 Å². The molecule has 4 heteroatoms. The second-order valence-corrected chi connectivity index (χ2v) is 5.17. The zero-order valence-corrected chi connectivity index (χ0v) is 12.7. The van der Waals surface area contributed by atoms with Gasteiger partial charge in [-0.2, -0.15) is 0 Å². The highest BCUT2D eigenvalue weighted by molar-refractivity contribution is 6.31. The molecule has 0 saturated carbocycles. The van der Waals surface area contributed by atoms with Crippen LogP contribution in [0.15, 0.2) is 48.5 Å². The maximum absolute atomic E-state index is 12.1. The third kappa shape index (κ3) is 3.33. The van der Waals surface area contributed by atoms with E-state index in [0.717, 1.165) is 16.8 Å². The van der Waals surface area contributed by atoms with Gasteiger partial charge in [0.2, 0.25) is 5.91 Å². The van der Waals surface area contributed by atoms with Gasteiger partial charge in [0.05, 0.1) is 6.54 Å². The molecule has 0 saturated heterocycles. The Hall–Kier alpha value is -1.51. The smallest absolute Gasteiger partial charge is 0.242 e. The Labute approximate surface area is 128 Å². The van der Waals surface area contributed by atoms with Crippen LogP contribution in [0.3, 0.4) is 0 Å². The fraction of sp³-hybridized carbons (Fsp3) is 0.188. The van der Waals surface area contributed by atoms with E-state index in [-0.39, 0.29) is 11.8 Å². The molecular formula is C16H15Cl2NO. The van der Waals surface area contributed by atoms with Crippen LogP contribution in [0, 0.1) is 6.92 Å². The zero-order chi connectivity index (χ0) is 14.5. The summed E-state index contributed by atoms with van der Waals surface area (Å²) in [4.78, 5) is 13.8. The maximum Gasteiger partial charge on any atom is 0.242 e. The molecule has 0 aliphatic rings. The topological polar surface area (TPSA) is 20.3 Å². The van der Waals surface area contributed by atoms with Crippen molar-refractivity contribution >= 4 is 34.8 Å². The number of carbonyl (C=O) groups excluding carboxylic acids is 1. The minimum Gasteiger partial charge on any atom is -0.307 e. The predicted molar refractivity (Wildman–Crippen MR) is 84.5 cm³/mol. The first kappa shape index (κ1) is 14.9. The third-order valence-corrected chi connectivity index (χ3v) is 3.71. The van der Waals surface area contributed by atoms with Gasteiger partial charge in [0, 0.05) is 10.7 Å². The largest absolute Gasteiger partial charge is 0.307 e. The molecule has 0 heterocycles. The summed E-state index contributed by atoms with van der Waals surface area (Å²) in [6.07, 6.45) is 0. The molecule has 2 aromatic rings. The van der Waals surface area contributed by atoms with Crippen molar-refractivity contribution in [1.82, 2.24) is 0 Å². The van der Waals surface area contributed by atoms with Gasteiger partial charge in [-0.05, 0) is 30.2 Å². The Kier molecular flexibility index (Phi) is 5.05. The number of amides is 1. The molecule has 0 bridgehead atoms. The van der Waals surface area contributed by atoms with Gasteiger partial charge in [0.15, 0.2) is 0 Å².